The van der Waals surface area contributed by atoms with Gasteiger partial charge in [0.2, 0.25) is 0 Å². The zero-order chi connectivity index (χ0) is 15.1. The predicted octanol–water partition coefficient (Wildman–Crippen LogP) is 1.48. The number of fused-ring (bicyclic) bond motifs is 1. The van der Waals surface area contributed by atoms with Crippen LogP contribution >= 0.6 is 15.9 Å². The van der Waals surface area contributed by atoms with Gasteiger partial charge in [0.1, 0.15) is 0 Å². The number of nitrogens with zero attached hydrogens (tertiary/aromatic N) is 1. The first-order valence-electron chi connectivity index (χ1n) is 5.67. The normalized spacial score (nSPS) is 14.4. The molecule has 1 aliphatic heterocycles. The average Bonchev–Trinajstić information content (AvgIpc) is 2.64. The van der Waals surface area contributed by atoms with Gasteiger partial charge in [0, 0.05) is 0 Å². The molecule has 2 amide bonds. The second kappa shape index (κ2) is 4.92. The number of Topliss-reactive ketones (excluding diaryl/α,β-unsaturated/α-hetero) is 2. The molecule has 0 aliphatic carbocycles. The van der Waals surface area contributed by atoms with E-state index in [-0.39, 0.29) is 11.1 Å². The van der Waals surface area contributed by atoms with E-state index in [9.17, 15) is 19.2 Å². The van der Waals surface area contributed by atoms with E-state index in [0.29, 0.717) is 5.06 Å². The fourth-order valence-electron chi connectivity index (χ4n) is 1.75. The standard InChI is InChI=1S/C13H10BrNO5/c1-7(16)13(14,8(2)17)20-15-11(18)9-5-3-4-6-10(9)12(15)19/h3-6H,1-2H3. The molecule has 0 radical (unpaired) electrons. The van der Waals surface area contributed by atoms with E-state index < -0.39 is 27.9 Å². The second-order valence-electron chi connectivity index (χ2n) is 4.25. The van der Waals surface area contributed by atoms with Crippen LogP contribution in [0, 0.1) is 0 Å². The summed E-state index contributed by atoms with van der Waals surface area (Å²) in [5.74, 6) is -2.75. The molecule has 20 heavy (non-hydrogen) atoms. The SMILES string of the molecule is CC(=O)C(Br)(ON1C(=O)c2ccccc2C1=O)C(C)=O. The number of alkyl halides is 1. The lowest BCUT2D eigenvalue weighted by Crippen LogP contribution is -2.48. The van der Waals surface area contributed by atoms with Crippen molar-refractivity contribution in [2.24, 2.45) is 0 Å². The molecular weight excluding hydrogens is 330 g/mol. The van der Waals surface area contributed by atoms with Gasteiger partial charge in [0.05, 0.1) is 11.1 Å². The van der Waals surface area contributed by atoms with Crippen LogP contribution in [0.2, 0.25) is 0 Å². The van der Waals surface area contributed by atoms with Crippen molar-refractivity contribution in [3.8, 4) is 0 Å². The number of amides is 2. The lowest BCUT2D eigenvalue weighted by atomic mass is 10.1. The highest BCUT2D eigenvalue weighted by molar-refractivity contribution is 9.10. The molecule has 0 atom stereocenters. The van der Waals surface area contributed by atoms with Crippen molar-refractivity contribution in [3.05, 3.63) is 35.4 Å². The molecule has 0 unspecified atom stereocenters. The van der Waals surface area contributed by atoms with E-state index in [0.717, 1.165) is 13.8 Å². The largest absolute Gasteiger partial charge is 0.295 e. The molecule has 0 bridgehead atoms. The summed E-state index contributed by atoms with van der Waals surface area (Å²) in [6.45, 7) is 2.24. The number of hydrogen-bond acceptors (Lipinski definition) is 5. The Morgan fingerprint density at radius 3 is 1.80 bits per heavy atom. The van der Waals surface area contributed by atoms with Gasteiger partial charge in [-0.1, -0.05) is 12.1 Å². The molecule has 1 heterocycles. The molecule has 0 saturated carbocycles. The van der Waals surface area contributed by atoms with Gasteiger partial charge in [-0.3, -0.25) is 19.2 Å². The number of ketones is 2. The lowest BCUT2D eigenvalue weighted by Gasteiger charge is -2.25. The molecule has 0 spiro atoms. The van der Waals surface area contributed by atoms with Gasteiger partial charge in [-0.25, -0.2) is 4.84 Å². The number of halogens is 1. The molecule has 0 N–H and O–H groups in total. The van der Waals surface area contributed by atoms with E-state index in [1.165, 1.54) is 12.1 Å². The highest BCUT2D eigenvalue weighted by Gasteiger charge is 2.47. The lowest BCUT2D eigenvalue weighted by molar-refractivity contribution is -0.171. The molecule has 1 aromatic rings. The topological polar surface area (TPSA) is 80.8 Å². The van der Waals surface area contributed by atoms with E-state index in [4.69, 9.17) is 4.84 Å². The Hall–Kier alpha value is -1.86. The third-order valence-electron chi connectivity index (χ3n) is 2.88. The Morgan fingerprint density at radius 2 is 1.45 bits per heavy atom. The van der Waals surface area contributed by atoms with E-state index in [2.05, 4.69) is 15.9 Å². The van der Waals surface area contributed by atoms with Gasteiger partial charge in [-0.15, -0.1) is 5.06 Å². The molecule has 1 aliphatic rings. The fraction of sp³-hybridized carbons (Fsp3) is 0.231. The van der Waals surface area contributed by atoms with Crippen LogP contribution in [0.15, 0.2) is 24.3 Å². The fourth-order valence-corrected chi connectivity index (χ4v) is 1.90. The van der Waals surface area contributed by atoms with Gasteiger partial charge >= 0.3 is 0 Å². The summed E-state index contributed by atoms with van der Waals surface area (Å²) in [5.41, 5.74) is 0.332. The van der Waals surface area contributed by atoms with Crippen molar-refractivity contribution in [2.45, 2.75) is 18.4 Å². The van der Waals surface area contributed by atoms with Crippen molar-refractivity contribution >= 4 is 39.3 Å². The maximum Gasteiger partial charge on any atom is 0.285 e. The Balaban J connectivity index is 2.38. The maximum atomic E-state index is 12.1. The number of carbonyl (C=O) groups is 4. The van der Waals surface area contributed by atoms with Gasteiger partial charge in [0.15, 0.2) is 11.6 Å². The zero-order valence-corrected chi connectivity index (χ0v) is 12.3. The van der Waals surface area contributed by atoms with Gasteiger partial charge in [-0.05, 0) is 41.9 Å². The van der Waals surface area contributed by atoms with Crippen LogP contribution in [0.1, 0.15) is 34.6 Å². The van der Waals surface area contributed by atoms with Gasteiger partial charge < -0.3 is 0 Å². The molecule has 7 heteroatoms. The smallest absolute Gasteiger partial charge is 0.285 e. The quantitative estimate of drug-likeness (QED) is 0.471. The average molecular weight is 340 g/mol. The third kappa shape index (κ3) is 2.08. The number of rotatable bonds is 4. The molecule has 6 nitrogen and oxygen atoms in total. The van der Waals surface area contributed by atoms with Crippen LogP contribution in [-0.4, -0.2) is 33.0 Å². The summed E-state index contributed by atoms with van der Waals surface area (Å²) in [5, 5.41) is 0.433. The number of imide groups is 1. The predicted molar refractivity (Wildman–Crippen MR) is 71.0 cm³/mol. The Morgan fingerprint density at radius 1 is 1.05 bits per heavy atom. The highest BCUT2D eigenvalue weighted by atomic mass is 79.9. The van der Waals surface area contributed by atoms with Crippen molar-refractivity contribution in [1.82, 2.24) is 5.06 Å². The third-order valence-corrected chi connectivity index (χ3v) is 4.14. The van der Waals surface area contributed by atoms with Gasteiger partial charge in [0.25, 0.3) is 16.3 Å². The second-order valence-corrected chi connectivity index (χ2v) is 5.37. The van der Waals surface area contributed by atoms with Crippen molar-refractivity contribution in [3.63, 3.8) is 0 Å². The summed E-state index contributed by atoms with van der Waals surface area (Å²) >= 11 is 2.86. The summed E-state index contributed by atoms with van der Waals surface area (Å²) < 4.78 is -2.04. The minimum Gasteiger partial charge on any atom is -0.295 e. The molecule has 0 aromatic heterocycles. The monoisotopic (exact) mass is 339 g/mol. The Bertz CT molecular complexity index is 590. The van der Waals surface area contributed by atoms with Crippen LogP contribution in [-0.2, 0) is 14.4 Å². The van der Waals surface area contributed by atoms with Crippen LogP contribution in [0.4, 0.5) is 0 Å². The summed E-state index contributed by atoms with van der Waals surface area (Å²) in [4.78, 5) is 52.3. The number of hydrogen-bond donors (Lipinski definition) is 0. The maximum absolute atomic E-state index is 12.1. The van der Waals surface area contributed by atoms with Crippen LogP contribution < -0.4 is 0 Å². The first-order valence-corrected chi connectivity index (χ1v) is 6.46. The van der Waals surface area contributed by atoms with Crippen LogP contribution in [0.5, 0.6) is 0 Å². The first-order chi connectivity index (χ1) is 9.29. The Kier molecular flexibility index (Phi) is 3.58. The van der Waals surface area contributed by atoms with Crippen molar-refractivity contribution in [2.75, 3.05) is 0 Å². The van der Waals surface area contributed by atoms with Gasteiger partial charge in [-0.2, -0.15) is 0 Å². The number of carbonyl (C=O) groups excluding carboxylic acids is 4. The molecular formula is C13H10BrNO5. The number of hydroxylamine groups is 2. The molecule has 1 aromatic carbocycles. The van der Waals surface area contributed by atoms with E-state index in [1.54, 1.807) is 12.1 Å². The first kappa shape index (κ1) is 14.5. The van der Waals surface area contributed by atoms with E-state index >= 15 is 0 Å². The molecule has 2 rings (SSSR count). The zero-order valence-electron chi connectivity index (χ0n) is 10.7. The Labute approximate surface area is 122 Å². The van der Waals surface area contributed by atoms with Crippen molar-refractivity contribution in [1.29, 1.82) is 0 Å². The minimum atomic E-state index is -2.04. The summed E-state index contributed by atoms with van der Waals surface area (Å²) in [6.07, 6.45) is 0. The molecule has 104 valence electrons. The van der Waals surface area contributed by atoms with Crippen LogP contribution in [0.3, 0.4) is 0 Å². The molecule has 0 fully saturated rings. The van der Waals surface area contributed by atoms with Crippen LogP contribution in [0.25, 0.3) is 0 Å². The number of benzene rings is 1. The summed E-state index contributed by atoms with van der Waals surface area (Å²) in [6, 6.07) is 6.14. The van der Waals surface area contributed by atoms with E-state index in [1.807, 2.05) is 0 Å². The van der Waals surface area contributed by atoms with Crippen molar-refractivity contribution < 1.29 is 24.0 Å². The highest BCUT2D eigenvalue weighted by Crippen LogP contribution is 2.30. The molecule has 0 saturated heterocycles. The summed E-state index contributed by atoms with van der Waals surface area (Å²) in [7, 11) is 0. The minimum absolute atomic E-state index is 0.166.